The lowest BCUT2D eigenvalue weighted by Gasteiger charge is -2.08. The van der Waals surface area contributed by atoms with Gasteiger partial charge in [0.1, 0.15) is 0 Å². The second kappa shape index (κ2) is 7.35. The van der Waals surface area contributed by atoms with Crippen molar-refractivity contribution in [3.8, 4) is 5.82 Å². The number of hydrogen-bond acceptors (Lipinski definition) is 5. The SMILES string of the molecule is CCC(=O)Nc1ccc(Nc2ccc(-n3nc(C)c(C)c3C)nn2)cc1. The van der Waals surface area contributed by atoms with Crippen LogP contribution in [0.5, 0.6) is 0 Å². The lowest BCUT2D eigenvalue weighted by molar-refractivity contribution is -0.115. The molecule has 0 aliphatic carbocycles. The van der Waals surface area contributed by atoms with E-state index in [1.165, 1.54) is 0 Å². The standard InChI is InChI=1S/C19H22N6O/c1-5-19(26)21-16-8-6-15(7-9-16)20-17-10-11-18(23-22-17)25-14(4)12(2)13(3)24-25/h6-11H,5H2,1-4H3,(H,20,22)(H,21,26). The molecule has 0 saturated heterocycles. The highest BCUT2D eigenvalue weighted by molar-refractivity contribution is 5.90. The second-order valence-electron chi connectivity index (χ2n) is 6.09. The number of benzene rings is 1. The van der Waals surface area contributed by atoms with Gasteiger partial charge in [-0.1, -0.05) is 6.92 Å². The number of amides is 1. The van der Waals surface area contributed by atoms with Crippen LogP contribution in [0.15, 0.2) is 36.4 Å². The lowest BCUT2D eigenvalue weighted by Crippen LogP contribution is -2.09. The van der Waals surface area contributed by atoms with E-state index in [1.807, 2.05) is 64.1 Å². The van der Waals surface area contributed by atoms with Crippen LogP contribution < -0.4 is 10.6 Å². The summed E-state index contributed by atoms with van der Waals surface area (Å²) in [4.78, 5) is 11.4. The first kappa shape index (κ1) is 17.6. The number of rotatable bonds is 5. The van der Waals surface area contributed by atoms with E-state index in [0.29, 0.717) is 18.1 Å². The maximum absolute atomic E-state index is 11.4. The van der Waals surface area contributed by atoms with E-state index in [9.17, 15) is 4.79 Å². The van der Waals surface area contributed by atoms with Crippen molar-refractivity contribution in [2.75, 3.05) is 10.6 Å². The molecule has 3 aromatic rings. The van der Waals surface area contributed by atoms with Crippen LogP contribution in [-0.2, 0) is 4.79 Å². The first-order valence-electron chi connectivity index (χ1n) is 8.51. The van der Waals surface area contributed by atoms with Gasteiger partial charge in [0.25, 0.3) is 0 Å². The fourth-order valence-corrected chi connectivity index (χ4v) is 2.48. The minimum absolute atomic E-state index is 0.00782. The molecule has 134 valence electrons. The van der Waals surface area contributed by atoms with Gasteiger partial charge in [-0.25, -0.2) is 4.68 Å². The summed E-state index contributed by atoms with van der Waals surface area (Å²) in [7, 11) is 0. The van der Waals surface area contributed by atoms with Crippen molar-refractivity contribution in [2.24, 2.45) is 0 Å². The molecule has 0 saturated carbocycles. The van der Waals surface area contributed by atoms with Crippen LogP contribution in [0.3, 0.4) is 0 Å². The summed E-state index contributed by atoms with van der Waals surface area (Å²) in [6, 6.07) is 11.2. The van der Waals surface area contributed by atoms with Crippen LogP contribution in [0, 0.1) is 20.8 Å². The highest BCUT2D eigenvalue weighted by atomic mass is 16.1. The van der Waals surface area contributed by atoms with E-state index < -0.39 is 0 Å². The zero-order chi connectivity index (χ0) is 18.7. The smallest absolute Gasteiger partial charge is 0.224 e. The minimum atomic E-state index is -0.00782. The minimum Gasteiger partial charge on any atom is -0.339 e. The van der Waals surface area contributed by atoms with E-state index >= 15 is 0 Å². The monoisotopic (exact) mass is 350 g/mol. The van der Waals surface area contributed by atoms with Crippen LogP contribution in [0.4, 0.5) is 17.2 Å². The van der Waals surface area contributed by atoms with Crippen molar-refractivity contribution in [1.29, 1.82) is 0 Å². The van der Waals surface area contributed by atoms with Crippen LogP contribution in [0.2, 0.25) is 0 Å². The number of hydrogen-bond donors (Lipinski definition) is 2. The molecule has 2 N–H and O–H groups in total. The van der Waals surface area contributed by atoms with E-state index in [0.717, 1.165) is 28.3 Å². The molecular weight excluding hydrogens is 328 g/mol. The lowest BCUT2D eigenvalue weighted by atomic mass is 10.2. The van der Waals surface area contributed by atoms with Gasteiger partial charge >= 0.3 is 0 Å². The number of aromatic nitrogens is 4. The molecule has 0 spiro atoms. The Labute approximate surface area is 152 Å². The number of aryl methyl sites for hydroxylation is 1. The quantitative estimate of drug-likeness (QED) is 0.733. The maximum Gasteiger partial charge on any atom is 0.224 e. The van der Waals surface area contributed by atoms with Crippen LogP contribution >= 0.6 is 0 Å². The van der Waals surface area contributed by atoms with Gasteiger partial charge in [0.05, 0.1) is 5.69 Å². The predicted molar refractivity (Wildman–Crippen MR) is 102 cm³/mol. The summed E-state index contributed by atoms with van der Waals surface area (Å²) in [6.07, 6.45) is 0.455. The van der Waals surface area contributed by atoms with E-state index in [-0.39, 0.29) is 5.91 Å². The molecule has 7 heteroatoms. The Hall–Kier alpha value is -3.22. The van der Waals surface area contributed by atoms with Crippen LogP contribution in [-0.4, -0.2) is 25.9 Å². The number of anilines is 3. The Balaban J connectivity index is 1.71. The number of carbonyl (C=O) groups is 1. The summed E-state index contributed by atoms with van der Waals surface area (Å²) in [5, 5.41) is 19.0. The van der Waals surface area contributed by atoms with Gasteiger partial charge in [0.2, 0.25) is 5.91 Å². The van der Waals surface area contributed by atoms with Gasteiger partial charge in [-0.3, -0.25) is 4.79 Å². The Morgan fingerprint density at radius 1 is 1.00 bits per heavy atom. The van der Waals surface area contributed by atoms with E-state index in [1.54, 1.807) is 4.68 Å². The molecule has 2 heterocycles. The summed E-state index contributed by atoms with van der Waals surface area (Å²) < 4.78 is 1.80. The molecule has 0 bridgehead atoms. The first-order valence-corrected chi connectivity index (χ1v) is 8.51. The fraction of sp³-hybridized carbons (Fsp3) is 0.263. The normalized spacial score (nSPS) is 10.6. The third kappa shape index (κ3) is 3.72. The summed E-state index contributed by atoms with van der Waals surface area (Å²) in [5.74, 6) is 1.31. The molecule has 0 aliphatic rings. The molecule has 2 aromatic heterocycles. The molecule has 0 unspecified atom stereocenters. The van der Waals surface area contributed by atoms with Crippen LogP contribution in [0.1, 0.15) is 30.3 Å². The molecular formula is C19H22N6O. The molecule has 0 aliphatic heterocycles. The van der Waals surface area contributed by atoms with Crippen molar-refractivity contribution in [3.63, 3.8) is 0 Å². The van der Waals surface area contributed by atoms with Crippen LogP contribution in [0.25, 0.3) is 5.82 Å². The molecule has 0 radical (unpaired) electrons. The molecule has 0 atom stereocenters. The summed E-state index contributed by atoms with van der Waals surface area (Å²) in [5.41, 5.74) is 4.83. The van der Waals surface area contributed by atoms with Gasteiger partial charge in [0, 0.05) is 23.5 Å². The molecule has 7 nitrogen and oxygen atoms in total. The second-order valence-corrected chi connectivity index (χ2v) is 6.09. The van der Waals surface area contributed by atoms with Crippen molar-refractivity contribution in [3.05, 3.63) is 53.3 Å². The highest BCUT2D eigenvalue weighted by Crippen LogP contribution is 2.19. The van der Waals surface area contributed by atoms with E-state index in [4.69, 9.17) is 0 Å². The first-order chi connectivity index (χ1) is 12.5. The van der Waals surface area contributed by atoms with Crippen molar-refractivity contribution < 1.29 is 4.79 Å². The average Bonchev–Trinajstić information content (AvgIpc) is 2.91. The zero-order valence-electron chi connectivity index (χ0n) is 15.4. The summed E-state index contributed by atoms with van der Waals surface area (Å²) in [6.45, 7) is 7.86. The van der Waals surface area contributed by atoms with Crippen molar-refractivity contribution >= 4 is 23.1 Å². The zero-order valence-corrected chi connectivity index (χ0v) is 15.4. The topological polar surface area (TPSA) is 84.7 Å². The predicted octanol–water partition coefficient (Wildman–Crippen LogP) is 3.68. The molecule has 1 amide bonds. The number of nitrogens with one attached hydrogen (secondary N) is 2. The Morgan fingerprint density at radius 3 is 2.23 bits per heavy atom. The number of carbonyl (C=O) groups excluding carboxylic acids is 1. The number of nitrogens with zero attached hydrogens (tertiary/aromatic N) is 4. The average molecular weight is 350 g/mol. The Kier molecular flexibility index (Phi) is 4.97. The largest absolute Gasteiger partial charge is 0.339 e. The fourth-order valence-electron chi connectivity index (χ4n) is 2.48. The van der Waals surface area contributed by atoms with Gasteiger partial charge in [-0.05, 0) is 62.7 Å². The van der Waals surface area contributed by atoms with Gasteiger partial charge < -0.3 is 10.6 Å². The third-order valence-corrected chi connectivity index (χ3v) is 4.28. The Bertz CT molecular complexity index is 912. The molecule has 26 heavy (non-hydrogen) atoms. The molecule has 1 aromatic carbocycles. The van der Waals surface area contributed by atoms with Crippen molar-refractivity contribution in [1.82, 2.24) is 20.0 Å². The molecule has 0 fully saturated rings. The Morgan fingerprint density at radius 2 is 1.69 bits per heavy atom. The third-order valence-electron chi connectivity index (χ3n) is 4.28. The van der Waals surface area contributed by atoms with Gasteiger partial charge in [-0.2, -0.15) is 5.10 Å². The summed E-state index contributed by atoms with van der Waals surface area (Å²) >= 11 is 0. The maximum atomic E-state index is 11.4. The van der Waals surface area contributed by atoms with E-state index in [2.05, 4.69) is 25.9 Å². The molecule has 3 rings (SSSR count). The van der Waals surface area contributed by atoms with Crippen molar-refractivity contribution in [2.45, 2.75) is 34.1 Å². The van der Waals surface area contributed by atoms with Gasteiger partial charge in [-0.15, -0.1) is 10.2 Å². The van der Waals surface area contributed by atoms with Gasteiger partial charge in [0.15, 0.2) is 11.6 Å². The highest BCUT2D eigenvalue weighted by Gasteiger charge is 2.10.